The molecule has 0 saturated heterocycles. The second-order valence-electron chi connectivity index (χ2n) is 5.13. The highest BCUT2D eigenvalue weighted by Crippen LogP contribution is 2.23. The van der Waals surface area contributed by atoms with E-state index in [1.807, 2.05) is 38.1 Å². The lowest BCUT2D eigenvalue weighted by Gasteiger charge is -2.24. The molecule has 4 nitrogen and oxygen atoms in total. The molecule has 0 aliphatic heterocycles. The summed E-state index contributed by atoms with van der Waals surface area (Å²) in [5.41, 5.74) is -0.0297. The zero-order valence-electron chi connectivity index (χ0n) is 12.3. The van der Waals surface area contributed by atoms with Crippen molar-refractivity contribution in [3.05, 3.63) is 29.8 Å². The number of benzene rings is 1. The number of ether oxygens (including phenoxy) is 2. The molecule has 108 valence electrons. The van der Waals surface area contributed by atoms with Crippen molar-refractivity contribution in [1.82, 2.24) is 5.32 Å². The van der Waals surface area contributed by atoms with Gasteiger partial charge in [0.05, 0.1) is 18.3 Å². The van der Waals surface area contributed by atoms with E-state index in [9.17, 15) is 5.11 Å². The van der Waals surface area contributed by atoms with Crippen molar-refractivity contribution in [3.63, 3.8) is 0 Å². The van der Waals surface area contributed by atoms with Crippen molar-refractivity contribution >= 4 is 0 Å². The van der Waals surface area contributed by atoms with Crippen LogP contribution in [-0.2, 0) is 10.3 Å². The van der Waals surface area contributed by atoms with Crippen LogP contribution >= 0.6 is 0 Å². The minimum absolute atomic E-state index is 0.155. The zero-order valence-corrected chi connectivity index (χ0v) is 12.3. The van der Waals surface area contributed by atoms with E-state index in [-0.39, 0.29) is 6.10 Å². The minimum Gasteiger partial charge on any atom is -0.491 e. The highest BCUT2D eigenvalue weighted by molar-refractivity contribution is 5.30. The molecule has 0 fully saturated rings. The number of nitrogens with one attached hydrogen (secondary N) is 1. The maximum absolute atomic E-state index is 10.4. The van der Waals surface area contributed by atoms with Crippen LogP contribution in [0.1, 0.15) is 26.3 Å². The molecule has 0 saturated carbocycles. The summed E-state index contributed by atoms with van der Waals surface area (Å²) in [6.45, 7) is 7.62. The fourth-order valence-electron chi connectivity index (χ4n) is 1.77. The number of hydrogen-bond donors (Lipinski definition) is 2. The van der Waals surface area contributed by atoms with Gasteiger partial charge in [-0.3, -0.25) is 0 Å². The summed E-state index contributed by atoms with van der Waals surface area (Å²) in [4.78, 5) is 0. The van der Waals surface area contributed by atoms with Crippen LogP contribution in [0.15, 0.2) is 24.3 Å². The van der Waals surface area contributed by atoms with Gasteiger partial charge in [0.1, 0.15) is 5.75 Å². The molecule has 0 bridgehead atoms. The van der Waals surface area contributed by atoms with Gasteiger partial charge in [-0.25, -0.2) is 0 Å². The SMILES string of the molecule is COCCNCC(C)(O)c1ccc(OC(C)C)cc1. The van der Waals surface area contributed by atoms with E-state index < -0.39 is 5.60 Å². The number of hydrogen-bond acceptors (Lipinski definition) is 4. The van der Waals surface area contributed by atoms with Gasteiger partial charge >= 0.3 is 0 Å². The van der Waals surface area contributed by atoms with E-state index in [0.717, 1.165) is 17.9 Å². The van der Waals surface area contributed by atoms with E-state index >= 15 is 0 Å². The summed E-state index contributed by atoms with van der Waals surface area (Å²) in [5.74, 6) is 0.821. The first-order chi connectivity index (χ1) is 8.95. The Balaban J connectivity index is 2.57. The predicted octanol–water partition coefficient (Wildman–Crippen LogP) is 1.92. The van der Waals surface area contributed by atoms with Gasteiger partial charge in [-0.15, -0.1) is 0 Å². The fraction of sp³-hybridized carbons (Fsp3) is 0.600. The van der Waals surface area contributed by atoms with Gasteiger partial charge in [-0.05, 0) is 38.5 Å². The summed E-state index contributed by atoms with van der Waals surface area (Å²) in [7, 11) is 1.66. The van der Waals surface area contributed by atoms with Crippen LogP contribution in [0.2, 0.25) is 0 Å². The van der Waals surface area contributed by atoms with Crippen molar-refractivity contribution in [2.75, 3.05) is 26.8 Å². The topological polar surface area (TPSA) is 50.7 Å². The highest BCUT2D eigenvalue weighted by atomic mass is 16.5. The molecule has 0 amide bonds. The van der Waals surface area contributed by atoms with Crippen molar-refractivity contribution < 1.29 is 14.6 Å². The molecule has 0 radical (unpaired) electrons. The Kier molecular flexibility index (Phi) is 6.28. The van der Waals surface area contributed by atoms with Crippen LogP contribution in [0, 0.1) is 0 Å². The van der Waals surface area contributed by atoms with E-state index in [1.54, 1.807) is 14.0 Å². The molecule has 0 heterocycles. The largest absolute Gasteiger partial charge is 0.491 e. The summed E-state index contributed by atoms with van der Waals surface area (Å²) in [6, 6.07) is 7.57. The maximum atomic E-state index is 10.4. The maximum Gasteiger partial charge on any atom is 0.119 e. The van der Waals surface area contributed by atoms with Gasteiger partial charge < -0.3 is 19.9 Å². The Labute approximate surface area is 115 Å². The Hall–Kier alpha value is -1.10. The molecule has 0 aliphatic rings. The Morgan fingerprint density at radius 1 is 1.26 bits per heavy atom. The van der Waals surface area contributed by atoms with Crippen LogP contribution in [0.5, 0.6) is 5.75 Å². The van der Waals surface area contributed by atoms with Crippen LogP contribution < -0.4 is 10.1 Å². The Bertz CT molecular complexity index is 360. The van der Waals surface area contributed by atoms with Gasteiger partial charge in [-0.2, -0.15) is 0 Å². The molecule has 1 atom stereocenters. The van der Waals surface area contributed by atoms with E-state index in [2.05, 4.69) is 5.32 Å². The van der Waals surface area contributed by atoms with Crippen LogP contribution in [-0.4, -0.2) is 38.0 Å². The smallest absolute Gasteiger partial charge is 0.119 e. The molecule has 1 rings (SSSR count). The molecule has 0 aliphatic carbocycles. The lowest BCUT2D eigenvalue weighted by molar-refractivity contribution is 0.0549. The quantitative estimate of drug-likeness (QED) is 0.707. The van der Waals surface area contributed by atoms with Gasteiger partial charge in [0, 0.05) is 20.2 Å². The lowest BCUT2D eigenvalue weighted by Crippen LogP contribution is -2.36. The number of methoxy groups -OCH3 is 1. The predicted molar refractivity (Wildman–Crippen MR) is 76.5 cm³/mol. The van der Waals surface area contributed by atoms with E-state index in [1.165, 1.54) is 0 Å². The van der Waals surface area contributed by atoms with Gasteiger partial charge in [0.2, 0.25) is 0 Å². The highest BCUT2D eigenvalue weighted by Gasteiger charge is 2.22. The van der Waals surface area contributed by atoms with Crippen LogP contribution in [0.25, 0.3) is 0 Å². The Morgan fingerprint density at radius 3 is 2.42 bits per heavy atom. The summed E-state index contributed by atoms with van der Waals surface area (Å²) >= 11 is 0. The molecule has 1 aromatic rings. The summed E-state index contributed by atoms with van der Waals surface area (Å²) in [5, 5.41) is 13.6. The first-order valence-electron chi connectivity index (χ1n) is 6.65. The average Bonchev–Trinajstić information content (AvgIpc) is 2.35. The molecule has 0 spiro atoms. The standard InChI is InChI=1S/C15H25NO3/c1-12(2)19-14-7-5-13(6-8-14)15(3,17)11-16-9-10-18-4/h5-8,12,16-17H,9-11H2,1-4H3. The summed E-state index contributed by atoms with van der Waals surface area (Å²) in [6.07, 6.45) is 0.155. The lowest BCUT2D eigenvalue weighted by atomic mass is 9.96. The third-order valence-electron chi connectivity index (χ3n) is 2.80. The first-order valence-corrected chi connectivity index (χ1v) is 6.65. The van der Waals surface area contributed by atoms with Crippen molar-refractivity contribution in [2.45, 2.75) is 32.5 Å². The van der Waals surface area contributed by atoms with Gasteiger partial charge in [-0.1, -0.05) is 12.1 Å². The third-order valence-corrected chi connectivity index (χ3v) is 2.80. The average molecular weight is 267 g/mol. The molecule has 19 heavy (non-hydrogen) atoms. The van der Waals surface area contributed by atoms with Gasteiger partial charge in [0.15, 0.2) is 0 Å². The van der Waals surface area contributed by atoms with Crippen molar-refractivity contribution in [1.29, 1.82) is 0 Å². The minimum atomic E-state index is -0.899. The van der Waals surface area contributed by atoms with Gasteiger partial charge in [0.25, 0.3) is 0 Å². The molecular weight excluding hydrogens is 242 g/mol. The molecule has 4 heteroatoms. The zero-order chi connectivity index (χ0) is 14.3. The Morgan fingerprint density at radius 2 is 1.89 bits per heavy atom. The van der Waals surface area contributed by atoms with Crippen molar-refractivity contribution in [3.8, 4) is 5.75 Å². The fourth-order valence-corrected chi connectivity index (χ4v) is 1.77. The first kappa shape index (κ1) is 16.0. The van der Waals surface area contributed by atoms with E-state index in [0.29, 0.717) is 13.2 Å². The van der Waals surface area contributed by atoms with Crippen LogP contribution in [0.4, 0.5) is 0 Å². The molecule has 1 aromatic carbocycles. The second-order valence-corrected chi connectivity index (χ2v) is 5.13. The normalized spacial score (nSPS) is 14.4. The molecular formula is C15H25NO3. The van der Waals surface area contributed by atoms with Crippen molar-refractivity contribution in [2.24, 2.45) is 0 Å². The second kappa shape index (κ2) is 7.48. The number of aliphatic hydroxyl groups is 1. The molecule has 0 aromatic heterocycles. The summed E-state index contributed by atoms with van der Waals surface area (Å²) < 4.78 is 10.5. The monoisotopic (exact) mass is 267 g/mol. The number of rotatable bonds is 8. The third kappa shape index (κ3) is 5.59. The molecule has 1 unspecified atom stereocenters. The van der Waals surface area contributed by atoms with E-state index in [4.69, 9.17) is 9.47 Å². The molecule has 2 N–H and O–H groups in total. The van der Waals surface area contributed by atoms with Crippen LogP contribution in [0.3, 0.4) is 0 Å².